The van der Waals surface area contributed by atoms with Crippen molar-refractivity contribution in [2.45, 2.75) is 0 Å². The number of carbonyl (C=O) groups excluding carboxylic acids is 1. The third-order valence-electron chi connectivity index (χ3n) is 3.97. The standard InChI is InChI=1S/C20H11ClN2O5/c21-16-7-2-1-6-15(16)19-22-17(20(24)28-19)11-14-8-9-18(27-14)12-4-3-5-13(10-12)23(25)26/h1-11H. The first-order valence-corrected chi connectivity index (χ1v) is 8.51. The van der Waals surface area contributed by atoms with Crippen LogP contribution in [0.2, 0.25) is 5.02 Å². The van der Waals surface area contributed by atoms with Gasteiger partial charge in [0.1, 0.15) is 11.5 Å². The van der Waals surface area contributed by atoms with E-state index < -0.39 is 10.9 Å². The average Bonchev–Trinajstić information content (AvgIpc) is 3.30. The Bertz CT molecular complexity index is 1160. The molecule has 0 unspecified atom stereocenters. The van der Waals surface area contributed by atoms with E-state index in [1.54, 1.807) is 48.5 Å². The Hall–Kier alpha value is -3.71. The average molecular weight is 395 g/mol. The van der Waals surface area contributed by atoms with Crippen LogP contribution in [0.3, 0.4) is 0 Å². The number of ether oxygens (including phenoxy) is 1. The van der Waals surface area contributed by atoms with Crippen LogP contribution in [-0.4, -0.2) is 16.8 Å². The topological polar surface area (TPSA) is 94.9 Å². The molecule has 7 nitrogen and oxygen atoms in total. The molecule has 0 atom stereocenters. The van der Waals surface area contributed by atoms with E-state index in [9.17, 15) is 14.9 Å². The molecule has 8 heteroatoms. The summed E-state index contributed by atoms with van der Waals surface area (Å²) >= 11 is 6.11. The summed E-state index contributed by atoms with van der Waals surface area (Å²) in [5, 5.41) is 11.3. The van der Waals surface area contributed by atoms with Gasteiger partial charge in [-0.3, -0.25) is 10.1 Å². The Morgan fingerprint density at radius 3 is 2.68 bits per heavy atom. The summed E-state index contributed by atoms with van der Waals surface area (Å²) in [6.07, 6.45) is 1.44. The summed E-state index contributed by atoms with van der Waals surface area (Å²) in [5.41, 5.74) is 1.09. The van der Waals surface area contributed by atoms with E-state index in [0.717, 1.165) is 0 Å². The number of hydrogen-bond acceptors (Lipinski definition) is 6. The molecule has 0 saturated carbocycles. The van der Waals surface area contributed by atoms with Crippen molar-refractivity contribution in [3.8, 4) is 11.3 Å². The summed E-state index contributed by atoms with van der Waals surface area (Å²) < 4.78 is 10.9. The number of non-ortho nitro benzene ring substituents is 1. The quantitative estimate of drug-likeness (QED) is 0.273. The summed E-state index contributed by atoms with van der Waals surface area (Å²) in [7, 11) is 0. The Labute approximate surface area is 163 Å². The molecule has 0 spiro atoms. The second-order valence-electron chi connectivity index (χ2n) is 5.83. The Morgan fingerprint density at radius 2 is 1.89 bits per heavy atom. The van der Waals surface area contributed by atoms with Crippen LogP contribution in [0.4, 0.5) is 5.69 Å². The van der Waals surface area contributed by atoms with Crippen LogP contribution in [0.15, 0.2) is 75.8 Å². The minimum Gasteiger partial charge on any atom is -0.457 e. The van der Waals surface area contributed by atoms with Gasteiger partial charge in [0.25, 0.3) is 5.69 Å². The van der Waals surface area contributed by atoms with Gasteiger partial charge in [-0.15, -0.1) is 0 Å². The zero-order valence-electron chi connectivity index (χ0n) is 14.2. The maximum atomic E-state index is 12.1. The fourth-order valence-corrected chi connectivity index (χ4v) is 2.87. The number of rotatable bonds is 4. The number of furan rings is 1. The van der Waals surface area contributed by atoms with Crippen molar-refractivity contribution in [1.82, 2.24) is 0 Å². The van der Waals surface area contributed by atoms with Crippen molar-refractivity contribution in [2.24, 2.45) is 4.99 Å². The van der Waals surface area contributed by atoms with Crippen molar-refractivity contribution >= 4 is 35.2 Å². The minimum atomic E-state index is -0.622. The maximum Gasteiger partial charge on any atom is 0.363 e. The summed E-state index contributed by atoms with van der Waals surface area (Å²) in [5.74, 6) is 0.283. The number of nitro benzene ring substituents is 1. The second-order valence-corrected chi connectivity index (χ2v) is 6.23. The van der Waals surface area contributed by atoms with Crippen LogP contribution in [0, 0.1) is 10.1 Å². The molecule has 0 N–H and O–H groups in total. The van der Waals surface area contributed by atoms with E-state index in [2.05, 4.69) is 4.99 Å². The van der Waals surface area contributed by atoms with Crippen LogP contribution in [0.25, 0.3) is 17.4 Å². The molecule has 0 aliphatic carbocycles. The molecule has 1 aliphatic heterocycles. The van der Waals surface area contributed by atoms with Crippen LogP contribution in [0.1, 0.15) is 11.3 Å². The number of cyclic esters (lactones) is 1. The molecule has 1 aliphatic rings. The Balaban J connectivity index is 1.64. The van der Waals surface area contributed by atoms with Crippen molar-refractivity contribution < 1.29 is 18.9 Å². The lowest BCUT2D eigenvalue weighted by atomic mass is 10.1. The molecular weight excluding hydrogens is 384 g/mol. The van der Waals surface area contributed by atoms with Crippen LogP contribution in [0.5, 0.6) is 0 Å². The molecule has 0 radical (unpaired) electrons. The van der Waals surface area contributed by atoms with Gasteiger partial charge in [-0.25, -0.2) is 9.79 Å². The van der Waals surface area contributed by atoms with Crippen molar-refractivity contribution in [3.63, 3.8) is 0 Å². The van der Waals surface area contributed by atoms with Crippen LogP contribution < -0.4 is 0 Å². The van der Waals surface area contributed by atoms with Gasteiger partial charge in [-0.05, 0) is 24.3 Å². The van der Waals surface area contributed by atoms with E-state index in [-0.39, 0.29) is 17.3 Å². The number of benzene rings is 2. The highest BCUT2D eigenvalue weighted by Crippen LogP contribution is 2.28. The lowest BCUT2D eigenvalue weighted by molar-refractivity contribution is -0.384. The fraction of sp³-hybridized carbons (Fsp3) is 0. The van der Waals surface area contributed by atoms with Crippen molar-refractivity contribution in [2.75, 3.05) is 0 Å². The molecule has 3 aromatic rings. The number of esters is 1. The SMILES string of the molecule is O=C1OC(c2ccccc2Cl)=NC1=Cc1ccc(-c2cccc([N+](=O)[O-])c2)o1. The van der Waals surface area contributed by atoms with Crippen molar-refractivity contribution in [3.05, 3.63) is 92.8 Å². The number of hydrogen-bond donors (Lipinski definition) is 0. The molecule has 0 fully saturated rings. The lowest BCUT2D eigenvalue weighted by Gasteiger charge is -2.00. The molecule has 2 aromatic carbocycles. The molecule has 0 bridgehead atoms. The first kappa shape index (κ1) is 17.7. The Kier molecular flexibility index (Phi) is 4.50. The fourth-order valence-electron chi connectivity index (χ4n) is 2.65. The summed E-state index contributed by atoms with van der Waals surface area (Å²) in [6.45, 7) is 0. The summed E-state index contributed by atoms with van der Waals surface area (Å²) in [4.78, 5) is 26.7. The van der Waals surface area contributed by atoms with E-state index >= 15 is 0 Å². The zero-order chi connectivity index (χ0) is 19.7. The number of aliphatic imine (C=N–C) groups is 1. The minimum absolute atomic E-state index is 0.0397. The highest BCUT2D eigenvalue weighted by Gasteiger charge is 2.26. The maximum absolute atomic E-state index is 12.1. The van der Waals surface area contributed by atoms with Gasteiger partial charge in [-0.2, -0.15) is 0 Å². The smallest absolute Gasteiger partial charge is 0.363 e. The molecule has 4 rings (SSSR count). The number of nitrogens with zero attached hydrogens (tertiary/aromatic N) is 2. The van der Waals surface area contributed by atoms with Gasteiger partial charge in [0.2, 0.25) is 5.90 Å². The van der Waals surface area contributed by atoms with E-state index in [4.69, 9.17) is 20.8 Å². The van der Waals surface area contributed by atoms with Crippen LogP contribution >= 0.6 is 11.6 Å². The van der Waals surface area contributed by atoms with Crippen molar-refractivity contribution in [1.29, 1.82) is 0 Å². The first-order chi connectivity index (χ1) is 13.5. The van der Waals surface area contributed by atoms with Gasteiger partial charge in [0.05, 0.1) is 15.5 Å². The number of nitro groups is 1. The highest BCUT2D eigenvalue weighted by atomic mass is 35.5. The number of carbonyl (C=O) groups is 1. The normalized spacial score (nSPS) is 14.8. The zero-order valence-corrected chi connectivity index (χ0v) is 14.9. The van der Waals surface area contributed by atoms with Gasteiger partial charge in [-0.1, -0.05) is 35.9 Å². The predicted molar refractivity (Wildman–Crippen MR) is 103 cm³/mol. The highest BCUT2D eigenvalue weighted by molar-refractivity contribution is 6.34. The molecular formula is C20H11ClN2O5. The predicted octanol–water partition coefficient (Wildman–Crippen LogP) is 4.85. The molecule has 1 aromatic heterocycles. The molecule has 138 valence electrons. The monoisotopic (exact) mass is 394 g/mol. The van der Waals surface area contributed by atoms with Gasteiger partial charge < -0.3 is 9.15 Å². The third-order valence-corrected chi connectivity index (χ3v) is 4.30. The molecule has 0 amide bonds. The lowest BCUT2D eigenvalue weighted by Crippen LogP contribution is -2.05. The van der Waals surface area contributed by atoms with Crippen LogP contribution in [-0.2, 0) is 9.53 Å². The van der Waals surface area contributed by atoms with Gasteiger partial charge in [0.15, 0.2) is 5.70 Å². The Morgan fingerprint density at radius 1 is 1.07 bits per heavy atom. The number of halogens is 1. The van der Waals surface area contributed by atoms with E-state index in [0.29, 0.717) is 27.7 Å². The molecule has 2 heterocycles. The van der Waals surface area contributed by atoms with Gasteiger partial charge in [0, 0.05) is 23.8 Å². The first-order valence-electron chi connectivity index (χ1n) is 8.13. The van der Waals surface area contributed by atoms with E-state index in [1.807, 2.05) is 0 Å². The van der Waals surface area contributed by atoms with E-state index in [1.165, 1.54) is 18.2 Å². The molecule has 28 heavy (non-hydrogen) atoms. The second kappa shape index (κ2) is 7.13. The molecule has 0 saturated heterocycles. The summed E-state index contributed by atoms with van der Waals surface area (Å²) in [6, 6.07) is 16.3. The third kappa shape index (κ3) is 3.43. The van der Waals surface area contributed by atoms with Gasteiger partial charge >= 0.3 is 5.97 Å². The largest absolute Gasteiger partial charge is 0.457 e.